The summed E-state index contributed by atoms with van der Waals surface area (Å²) in [5.41, 5.74) is 0.570. The summed E-state index contributed by atoms with van der Waals surface area (Å²) >= 11 is 12.4. The van der Waals surface area contributed by atoms with E-state index in [9.17, 15) is 41.5 Å². The average Bonchev–Trinajstić information content (AvgIpc) is 4.19. The topological polar surface area (TPSA) is 192 Å². The molecule has 3 aliphatic heterocycles. The molecule has 2 aromatic carbocycles. The number of aryl methyl sites for hydroxylation is 1. The second-order valence-electron chi connectivity index (χ2n) is 22.1. The van der Waals surface area contributed by atoms with E-state index in [0.717, 1.165) is 4.52 Å². The summed E-state index contributed by atoms with van der Waals surface area (Å²) in [7, 11) is 0. The molecule has 4 aromatic heterocycles. The number of hydrogen-bond acceptors (Lipinski definition) is 11. The predicted octanol–water partition coefficient (Wildman–Crippen LogP) is 9.54. The van der Waals surface area contributed by atoms with Crippen molar-refractivity contribution < 1.29 is 46.3 Å². The van der Waals surface area contributed by atoms with Crippen LogP contribution in [0.2, 0.25) is 10.0 Å². The molecule has 7 heterocycles. The summed E-state index contributed by atoms with van der Waals surface area (Å²) in [6.07, 6.45) is 7.85. The van der Waals surface area contributed by atoms with Gasteiger partial charge in [0.2, 0.25) is 11.8 Å². The highest BCUT2D eigenvalue weighted by atomic mass is 35.5. The number of nitrogens with zero attached hydrogens (tertiary/aromatic N) is 10. The standard InChI is InChI=1S/C31H37ClFN7O4.C24H23ClF3N5O2/c1-30(2,3)44-29(43)38-16-14-37(15-17-38)25-8-12-40-26(36-25)22(19-34-40)27(41)35-21-6-9-31(10-7-21)11-13-39(28(31)42)24-5-4-20(33)18-23(24)32;1-13-10-19(20(27)28)33-21(30-13)16(12-29-33)22(34)31-15-4-6-24(7-5-15)8-9-32(23(24)35)18-3-2-14(26)11-17(18)25/h4-5,8,12,18-19,21H,6-7,9-11,13-17H2,1-3H3,(H,35,41);2-3,10-12,15,20H,4-9H2,1H3,(H,31,34). The largest absolute Gasteiger partial charge is 0.444 e. The first kappa shape index (κ1) is 55.3. The Kier molecular flexibility index (Phi) is 15.3. The van der Waals surface area contributed by atoms with Crippen LogP contribution >= 0.6 is 23.2 Å². The van der Waals surface area contributed by atoms with Gasteiger partial charge in [0.1, 0.15) is 39.9 Å². The maximum Gasteiger partial charge on any atom is 0.410 e. The summed E-state index contributed by atoms with van der Waals surface area (Å²) in [5, 5.41) is 14.8. The summed E-state index contributed by atoms with van der Waals surface area (Å²) in [4.78, 5) is 81.6. The molecule has 2 spiro atoms. The average molecular weight is 1130 g/mol. The van der Waals surface area contributed by atoms with Gasteiger partial charge in [-0.3, -0.25) is 19.2 Å². The minimum atomic E-state index is -2.75. The summed E-state index contributed by atoms with van der Waals surface area (Å²) in [6, 6.07) is 11.0. The van der Waals surface area contributed by atoms with E-state index in [-0.39, 0.29) is 62.8 Å². The number of benzene rings is 2. The minimum absolute atomic E-state index is 0.0158. The molecule has 79 heavy (non-hydrogen) atoms. The van der Waals surface area contributed by atoms with Crippen molar-refractivity contribution in [3.63, 3.8) is 0 Å². The van der Waals surface area contributed by atoms with Crippen molar-refractivity contribution in [3.8, 4) is 0 Å². The number of halogens is 6. The van der Waals surface area contributed by atoms with Gasteiger partial charge in [-0.2, -0.15) is 10.2 Å². The Balaban J connectivity index is 0.000000183. The van der Waals surface area contributed by atoms with Crippen LogP contribution in [0, 0.1) is 29.4 Å². The van der Waals surface area contributed by atoms with Gasteiger partial charge < -0.3 is 35.0 Å². The molecule has 18 nitrogen and oxygen atoms in total. The van der Waals surface area contributed by atoms with E-state index in [1.807, 2.05) is 26.8 Å². The second-order valence-corrected chi connectivity index (χ2v) is 23.0. The van der Waals surface area contributed by atoms with Gasteiger partial charge in [-0.15, -0.1) is 0 Å². The number of hydrogen-bond donors (Lipinski definition) is 2. The van der Waals surface area contributed by atoms with Crippen molar-refractivity contribution in [2.45, 2.75) is 116 Å². The van der Waals surface area contributed by atoms with Crippen LogP contribution in [0.5, 0.6) is 0 Å². The molecule has 6 aromatic rings. The molecule has 2 aliphatic carbocycles. The Morgan fingerprint density at radius 3 is 1.68 bits per heavy atom. The number of nitrogens with one attached hydrogen (secondary N) is 2. The van der Waals surface area contributed by atoms with Crippen LogP contribution in [-0.2, 0) is 14.3 Å². The van der Waals surface area contributed by atoms with E-state index < -0.39 is 40.4 Å². The zero-order valence-corrected chi connectivity index (χ0v) is 45.6. The third kappa shape index (κ3) is 11.3. The number of carbonyl (C=O) groups is 5. The molecule has 0 radical (unpaired) electrons. The van der Waals surface area contributed by atoms with E-state index in [1.165, 1.54) is 48.8 Å². The van der Waals surface area contributed by atoms with Crippen LogP contribution in [0.4, 0.5) is 39.5 Å². The first-order valence-corrected chi connectivity index (χ1v) is 27.2. The fourth-order valence-electron chi connectivity index (χ4n) is 11.7. The van der Waals surface area contributed by atoms with Crippen LogP contribution in [0.15, 0.2) is 67.1 Å². The Labute approximate surface area is 462 Å². The number of ether oxygens (including phenoxy) is 1. The number of piperazine rings is 1. The highest BCUT2D eigenvalue weighted by Gasteiger charge is 2.51. The fraction of sp³-hybridized carbons (Fsp3) is 0.473. The fourth-order valence-corrected chi connectivity index (χ4v) is 12.2. The lowest BCUT2D eigenvalue weighted by molar-refractivity contribution is -0.128. The Morgan fingerprint density at radius 1 is 0.684 bits per heavy atom. The molecule has 2 N–H and O–H groups in total. The van der Waals surface area contributed by atoms with E-state index in [0.29, 0.717) is 138 Å². The van der Waals surface area contributed by atoms with Crippen LogP contribution in [0.3, 0.4) is 0 Å². The molecule has 5 amide bonds. The lowest BCUT2D eigenvalue weighted by Crippen LogP contribution is -2.50. The van der Waals surface area contributed by atoms with Crippen LogP contribution in [0.1, 0.15) is 124 Å². The van der Waals surface area contributed by atoms with Crippen molar-refractivity contribution in [3.05, 3.63) is 111 Å². The monoisotopic (exact) mass is 1130 g/mol. The lowest BCUT2D eigenvalue weighted by Gasteiger charge is -2.36. The molecule has 11 rings (SSSR count). The van der Waals surface area contributed by atoms with Crippen molar-refractivity contribution in [2.24, 2.45) is 10.8 Å². The molecule has 2 saturated carbocycles. The zero-order chi connectivity index (χ0) is 56.1. The third-order valence-electron chi connectivity index (χ3n) is 15.9. The van der Waals surface area contributed by atoms with Crippen LogP contribution in [-0.4, -0.2) is 121 Å². The highest BCUT2D eigenvalue weighted by molar-refractivity contribution is 6.34. The highest BCUT2D eigenvalue weighted by Crippen LogP contribution is 2.49. The van der Waals surface area contributed by atoms with Crippen molar-refractivity contribution in [1.29, 1.82) is 0 Å². The van der Waals surface area contributed by atoms with Gasteiger partial charge in [0.15, 0.2) is 11.3 Å². The Bertz CT molecular complexity index is 3350. The molecular formula is C55H60Cl2F4N12O6. The maximum atomic E-state index is 13.5. The summed E-state index contributed by atoms with van der Waals surface area (Å²) < 4.78 is 61.8. The van der Waals surface area contributed by atoms with Gasteiger partial charge in [0.05, 0.1) is 44.6 Å². The van der Waals surface area contributed by atoms with Crippen molar-refractivity contribution in [1.82, 2.24) is 44.7 Å². The number of rotatable bonds is 8. The summed E-state index contributed by atoms with van der Waals surface area (Å²) in [6.45, 7) is 10.4. The lowest BCUT2D eigenvalue weighted by atomic mass is 9.71. The zero-order valence-electron chi connectivity index (χ0n) is 44.1. The predicted molar refractivity (Wildman–Crippen MR) is 287 cm³/mol. The number of fused-ring (bicyclic) bond motifs is 2. The van der Waals surface area contributed by atoms with Gasteiger partial charge >= 0.3 is 6.09 Å². The minimum Gasteiger partial charge on any atom is -0.444 e. The maximum absolute atomic E-state index is 13.5. The first-order valence-electron chi connectivity index (χ1n) is 26.5. The second kappa shape index (κ2) is 21.9. The third-order valence-corrected chi connectivity index (χ3v) is 16.5. The quantitative estimate of drug-likeness (QED) is 0.138. The van der Waals surface area contributed by atoms with Gasteiger partial charge in [0.25, 0.3) is 18.2 Å². The first-order chi connectivity index (χ1) is 37.6. The van der Waals surface area contributed by atoms with E-state index in [1.54, 1.807) is 38.4 Å². The molecule has 0 atom stereocenters. The van der Waals surface area contributed by atoms with Crippen LogP contribution < -0.4 is 25.3 Å². The summed E-state index contributed by atoms with van der Waals surface area (Å²) in [5.74, 6) is -0.888. The van der Waals surface area contributed by atoms with Gasteiger partial charge in [0, 0.05) is 63.2 Å². The van der Waals surface area contributed by atoms with Gasteiger partial charge in [-0.05, 0) is 140 Å². The molecular weight excluding hydrogens is 1070 g/mol. The molecule has 0 unspecified atom stereocenters. The SMILES string of the molecule is CC(C)(C)OC(=O)N1CCN(c2ccn3ncc(C(=O)NC4CCC5(CC4)CCN(c4ccc(F)cc4Cl)C5=O)c3n2)CC1.Cc1cc(C(F)F)n2ncc(C(=O)NC3CCC4(CC3)CCN(c3ccc(F)cc3Cl)C4=O)c2n1. The van der Waals surface area contributed by atoms with E-state index >= 15 is 0 Å². The smallest absolute Gasteiger partial charge is 0.410 e. The van der Waals surface area contributed by atoms with E-state index in [2.05, 4.69) is 30.7 Å². The molecule has 24 heteroatoms. The number of carbonyl (C=O) groups excluding carboxylic acids is 5. The molecule has 3 saturated heterocycles. The molecule has 5 fully saturated rings. The molecule has 418 valence electrons. The Hall–Kier alpha value is -7.07. The van der Waals surface area contributed by atoms with Crippen molar-refractivity contribution >= 4 is 81.4 Å². The Morgan fingerprint density at radius 2 is 1.19 bits per heavy atom. The number of amides is 5. The molecule has 5 aliphatic rings. The molecule has 0 bridgehead atoms. The van der Waals surface area contributed by atoms with Gasteiger partial charge in [-0.25, -0.2) is 41.4 Å². The van der Waals surface area contributed by atoms with Crippen LogP contribution in [0.25, 0.3) is 11.3 Å². The number of alkyl halides is 2. The number of anilines is 3. The number of aromatic nitrogens is 6. The normalized spacial score (nSPS) is 22.6. The van der Waals surface area contributed by atoms with Gasteiger partial charge in [-0.1, -0.05) is 23.2 Å². The van der Waals surface area contributed by atoms with Crippen molar-refractivity contribution in [2.75, 3.05) is 54.0 Å². The van der Waals surface area contributed by atoms with E-state index in [4.69, 9.17) is 32.9 Å².